The molecule has 1 heterocycles. The molecule has 1 atom stereocenters. The van der Waals surface area contributed by atoms with Crippen LogP contribution in [-0.4, -0.2) is 36.2 Å². The molecule has 0 aliphatic rings. The van der Waals surface area contributed by atoms with E-state index in [2.05, 4.69) is 18.8 Å². The summed E-state index contributed by atoms with van der Waals surface area (Å²) in [6.45, 7) is 0. The van der Waals surface area contributed by atoms with Crippen LogP contribution >= 0.6 is 11.7 Å². The van der Waals surface area contributed by atoms with Gasteiger partial charge in [-0.3, -0.25) is 4.79 Å². The third kappa shape index (κ3) is 4.93. The van der Waals surface area contributed by atoms with E-state index in [1.807, 2.05) is 30.3 Å². The van der Waals surface area contributed by atoms with Crippen LogP contribution < -0.4 is 14.8 Å². The van der Waals surface area contributed by atoms with Gasteiger partial charge in [-0.05, 0) is 36.2 Å². The van der Waals surface area contributed by atoms with E-state index < -0.39 is 22.0 Å². The Kier molecular flexibility index (Phi) is 6.45. The number of sulfonamides is 1. The normalized spacial score (nSPS) is 12.4. The molecule has 0 spiro atoms. The number of hydrogen-bond acceptors (Lipinski definition) is 7. The van der Waals surface area contributed by atoms with Crippen molar-refractivity contribution in [2.45, 2.75) is 17.4 Å². The van der Waals surface area contributed by atoms with Crippen molar-refractivity contribution in [3.05, 3.63) is 78.4 Å². The molecule has 3 aromatic carbocycles. The van der Waals surface area contributed by atoms with Crippen molar-refractivity contribution in [1.29, 1.82) is 0 Å². The number of nitrogens with one attached hydrogen (secondary N) is 2. The molecular formula is C22H20N4O4S2. The van der Waals surface area contributed by atoms with E-state index in [1.165, 1.54) is 13.2 Å². The highest BCUT2D eigenvalue weighted by Gasteiger charge is 2.28. The molecule has 2 N–H and O–H groups in total. The summed E-state index contributed by atoms with van der Waals surface area (Å²) in [5, 5.41) is 2.77. The van der Waals surface area contributed by atoms with Crippen LogP contribution in [0.1, 0.15) is 5.56 Å². The van der Waals surface area contributed by atoms with Crippen LogP contribution in [0.25, 0.3) is 11.0 Å². The van der Waals surface area contributed by atoms with Crippen LogP contribution in [0.15, 0.2) is 77.7 Å². The highest BCUT2D eigenvalue weighted by Crippen LogP contribution is 2.22. The van der Waals surface area contributed by atoms with Crippen molar-refractivity contribution in [2.24, 2.45) is 0 Å². The predicted octanol–water partition coefficient (Wildman–Crippen LogP) is 3.23. The molecule has 0 aliphatic carbocycles. The molecule has 0 saturated heterocycles. The summed E-state index contributed by atoms with van der Waals surface area (Å²) < 4.78 is 42.4. The van der Waals surface area contributed by atoms with Crippen LogP contribution in [0.4, 0.5) is 5.69 Å². The van der Waals surface area contributed by atoms with E-state index in [0.717, 1.165) is 17.3 Å². The highest BCUT2D eigenvalue weighted by molar-refractivity contribution is 7.89. The van der Waals surface area contributed by atoms with Crippen molar-refractivity contribution >= 4 is 44.4 Å². The van der Waals surface area contributed by atoms with Gasteiger partial charge in [0.25, 0.3) is 0 Å². The Morgan fingerprint density at radius 3 is 2.59 bits per heavy atom. The zero-order valence-corrected chi connectivity index (χ0v) is 18.7. The summed E-state index contributed by atoms with van der Waals surface area (Å²) in [5.41, 5.74) is 2.07. The van der Waals surface area contributed by atoms with Gasteiger partial charge in [0, 0.05) is 11.8 Å². The smallest absolute Gasteiger partial charge is 0.243 e. The molecule has 0 radical (unpaired) electrons. The lowest BCUT2D eigenvalue weighted by Crippen LogP contribution is -2.45. The van der Waals surface area contributed by atoms with Crippen LogP contribution in [-0.2, 0) is 21.2 Å². The van der Waals surface area contributed by atoms with Gasteiger partial charge in [-0.1, -0.05) is 42.5 Å². The molecule has 10 heteroatoms. The van der Waals surface area contributed by atoms with Crippen molar-refractivity contribution in [1.82, 2.24) is 13.5 Å². The molecule has 8 nitrogen and oxygen atoms in total. The lowest BCUT2D eigenvalue weighted by Gasteiger charge is -2.19. The van der Waals surface area contributed by atoms with Gasteiger partial charge < -0.3 is 10.1 Å². The van der Waals surface area contributed by atoms with Crippen LogP contribution in [0, 0.1) is 0 Å². The number of aromatic nitrogens is 2. The molecule has 4 rings (SSSR count). The van der Waals surface area contributed by atoms with E-state index in [1.54, 1.807) is 36.4 Å². The monoisotopic (exact) mass is 468 g/mol. The van der Waals surface area contributed by atoms with Gasteiger partial charge in [0.15, 0.2) is 0 Å². The highest BCUT2D eigenvalue weighted by atomic mass is 32.2. The van der Waals surface area contributed by atoms with Crippen LogP contribution in [0.3, 0.4) is 0 Å². The summed E-state index contributed by atoms with van der Waals surface area (Å²) in [6.07, 6.45) is 0.168. The Bertz CT molecular complexity index is 1340. The predicted molar refractivity (Wildman–Crippen MR) is 123 cm³/mol. The second-order valence-corrected chi connectivity index (χ2v) is 9.18. The van der Waals surface area contributed by atoms with E-state index in [0.29, 0.717) is 17.0 Å². The molecule has 0 fully saturated rings. The molecule has 1 amide bonds. The van der Waals surface area contributed by atoms with E-state index in [9.17, 15) is 13.2 Å². The van der Waals surface area contributed by atoms with Gasteiger partial charge in [-0.2, -0.15) is 13.5 Å². The molecular weight excluding hydrogens is 448 g/mol. The fourth-order valence-corrected chi connectivity index (χ4v) is 5.18. The van der Waals surface area contributed by atoms with Gasteiger partial charge in [0.1, 0.15) is 27.7 Å². The van der Waals surface area contributed by atoms with Gasteiger partial charge in [0.2, 0.25) is 15.9 Å². The van der Waals surface area contributed by atoms with E-state index in [-0.39, 0.29) is 16.8 Å². The molecule has 0 bridgehead atoms. The van der Waals surface area contributed by atoms with Gasteiger partial charge in [-0.25, -0.2) is 8.42 Å². The Morgan fingerprint density at radius 2 is 1.81 bits per heavy atom. The average molecular weight is 469 g/mol. The Labute approximate surface area is 189 Å². The minimum absolute atomic E-state index is 0.0176. The zero-order chi connectivity index (χ0) is 22.6. The van der Waals surface area contributed by atoms with Crippen LogP contribution in [0.5, 0.6) is 5.75 Å². The number of hydrogen-bond donors (Lipinski definition) is 2. The van der Waals surface area contributed by atoms with E-state index in [4.69, 9.17) is 4.74 Å². The average Bonchev–Trinajstić information content (AvgIpc) is 3.28. The third-order valence-electron chi connectivity index (χ3n) is 4.77. The lowest BCUT2D eigenvalue weighted by molar-refractivity contribution is -0.117. The summed E-state index contributed by atoms with van der Waals surface area (Å²) in [7, 11) is -2.53. The number of rotatable bonds is 8. The number of fused-ring (bicyclic) bond motifs is 1. The Hall–Kier alpha value is -3.34. The summed E-state index contributed by atoms with van der Waals surface area (Å²) in [5.74, 6) is 0.0833. The van der Waals surface area contributed by atoms with Crippen molar-refractivity contribution < 1.29 is 17.9 Å². The second-order valence-electron chi connectivity index (χ2n) is 6.97. The lowest BCUT2D eigenvalue weighted by atomic mass is 10.1. The summed E-state index contributed by atoms with van der Waals surface area (Å²) in [6, 6.07) is 19.7. The molecule has 164 valence electrons. The molecule has 0 saturated carbocycles. The second kappa shape index (κ2) is 9.43. The number of anilines is 1. The quantitative estimate of drug-likeness (QED) is 0.411. The number of nitrogens with zero attached hydrogens (tertiary/aromatic N) is 2. The topological polar surface area (TPSA) is 110 Å². The molecule has 1 aromatic heterocycles. The fourth-order valence-electron chi connectivity index (χ4n) is 3.22. The first kappa shape index (κ1) is 21.9. The minimum atomic E-state index is -4.06. The van der Waals surface area contributed by atoms with Crippen molar-refractivity contribution in [2.75, 3.05) is 12.4 Å². The van der Waals surface area contributed by atoms with Gasteiger partial charge in [0.05, 0.1) is 18.8 Å². The minimum Gasteiger partial charge on any atom is -0.497 e. The summed E-state index contributed by atoms with van der Waals surface area (Å²) in [4.78, 5) is 13.1. The Balaban J connectivity index is 1.64. The standard InChI is InChI=1S/C22H20N4O4S2/c1-30-17-10-5-9-16(14-17)23-22(27)19(13-15-7-3-2-4-8-15)26-32(28,29)20-12-6-11-18-21(20)25-31-24-18/h2-12,14,19,26H,13H2,1H3,(H,23,27). The van der Waals surface area contributed by atoms with E-state index >= 15 is 0 Å². The molecule has 0 aliphatic heterocycles. The first-order valence-electron chi connectivity index (χ1n) is 9.69. The number of benzene rings is 3. The Morgan fingerprint density at radius 1 is 1.03 bits per heavy atom. The number of carbonyl (C=O) groups is 1. The van der Waals surface area contributed by atoms with Crippen molar-refractivity contribution in [3.63, 3.8) is 0 Å². The maximum Gasteiger partial charge on any atom is 0.243 e. The van der Waals surface area contributed by atoms with Gasteiger partial charge in [-0.15, -0.1) is 0 Å². The molecule has 1 unspecified atom stereocenters. The number of ether oxygens (including phenoxy) is 1. The maximum absolute atomic E-state index is 13.2. The third-order valence-corrected chi connectivity index (χ3v) is 6.82. The number of carbonyl (C=O) groups excluding carboxylic acids is 1. The zero-order valence-electron chi connectivity index (χ0n) is 17.1. The number of amides is 1. The number of methoxy groups -OCH3 is 1. The van der Waals surface area contributed by atoms with Crippen molar-refractivity contribution in [3.8, 4) is 5.75 Å². The fraction of sp³-hybridized carbons (Fsp3) is 0.136. The molecule has 32 heavy (non-hydrogen) atoms. The SMILES string of the molecule is COc1cccc(NC(=O)C(Cc2ccccc2)NS(=O)(=O)c2cccc3nsnc23)c1. The first-order chi connectivity index (χ1) is 15.5. The largest absolute Gasteiger partial charge is 0.497 e. The maximum atomic E-state index is 13.2. The summed E-state index contributed by atoms with van der Waals surface area (Å²) >= 11 is 0.933. The van der Waals surface area contributed by atoms with Gasteiger partial charge >= 0.3 is 0 Å². The first-order valence-corrected chi connectivity index (χ1v) is 11.9. The van der Waals surface area contributed by atoms with Crippen LogP contribution in [0.2, 0.25) is 0 Å². The molecule has 4 aromatic rings.